The van der Waals surface area contributed by atoms with E-state index in [9.17, 15) is 9.90 Å². The molecule has 2 heterocycles. The Bertz CT molecular complexity index is 973. The number of rotatable bonds is 6. The molecule has 0 saturated heterocycles. The summed E-state index contributed by atoms with van der Waals surface area (Å²) in [6.45, 7) is 8.06. The van der Waals surface area contributed by atoms with Crippen molar-refractivity contribution in [2.24, 2.45) is 10.2 Å². The average molecular weight is 351 g/mol. The van der Waals surface area contributed by atoms with Gasteiger partial charge in [-0.25, -0.2) is 9.78 Å². The fraction of sp³-hybridized carbons (Fsp3) is 0.263. The second-order valence-corrected chi connectivity index (χ2v) is 5.86. The topological polar surface area (TPSA) is 82.6 Å². The molecule has 0 fully saturated rings. The highest BCUT2D eigenvalue weighted by Gasteiger charge is 2.18. The molecular weight excluding hydrogens is 330 g/mol. The van der Waals surface area contributed by atoms with Crippen LogP contribution < -0.4 is 4.90 Å². The van der Waals surface area contributed by atoms with E-state index in [4.69, 9.17) is 0 Å². The summed E-state index contributed by atoms with van der Waals surface area (Å²) in [5, 5.41) is 17.9. The zero-order chi connectivity index (χ0) is 18.7. The molecule has 1 N–H and O–H groups in total. The molecule has 0 saturated carbocycles. The molecule has 3 rings (SSSR count). The van der Waals surface area contributed by atoms with Crippen LogP contribution in [0.2, 0.25) is 0 Å². The van der Waals surface area contributed by atoms with Gasteiger partial charge in [-0.3, -0.25) is 4.40 Å². The first-order chi connectivity index (χ1) is 12.5. The van der Waals surface area contributed by atoms with E-state index in [0.29, 0.717) is 11.3 Å². The summed E-state index contributed by atoms with van der Waals surface area (Å²) in [6.07, 6.45) is 1.72. The Morgan fingerprint density at radius 3 is 2.62 bits per heavy atom. The molecular formula is C19H21N5O2. The summed E-state index contributed by atoms with van der Waals surface area (Å²) in [6, 6.07) is 11.3. The lowest BCUT2D eigenvalue weighted by Gasteiger charge is -2.21. The number of carboxylic acid groups (broad SMARTS) is 1. The Balaban J connectivity index is 1.99. The molecule has 134 valence electrons. The molecule has 26 heavy (non-hydrogen) atoms. The average Bonchev–Trinajstić information content (AvgIpc) is 3.01. The van der Waals surface area contributed by atoms with Gasteiger partial charge in [-0.15, -0.1) is 10.2 Å². The van der Waals surface area contributed by atoms with E-state index in [-0.39, 0.29) is 11.5 Å². The first kappa shape index (κ1) is 17.6. The van der Waals surface area contributed by atoms with Crippen LogP contribution in [0.3, 0.4) is 0 Å². The number of hydrogen-bond donors (Lipinski definition) is 1. The quantitative estimate of drug-likeness (QED) is 0.658. The van der Waals surface area contributed by atoms with Crippen LogP contribution in [0.15, 0.2) is 52.8 Å². The van der Waals surface area contributed by atoms with E-state index in [0.717, 1.165) is 24.3 Å². The lowest BCUT2D eigenvalue weighted by atomic mass is 10.1. The van der Waals surface area contributed by atoms with Crippen molar-refractivity contribution < 1.29 is 9.90 Å². The van der Waals surface area contributed by atoms with E-state index in [1.807, 2.05) is 19.1 Å². The van der Waals surface area contributed by atoms with Crippen molar-refractivity contribution in [1.29, 1.82) is 0 Å². The molecule has 0 radical (unpaired) electrons. The van der Waals surface area contributed by atoms with Crippen molar-refractivity contribution in [2.75, 3.05) is 18.0 Å². The smallest absolute Gasteiger partial charge is 0.358 e. The second kappa shape index (κ2) is 7.35. The second-order valence-electron chi connectivity index (χ2n) is 5.86. The van der Waals surface area contributed by atoms with Crippen LogP contribution in [0.25, 0.3) is 5.65 Å². The number of fused-ring (bicyclic) bond motifs is 1. The van der Waals surface area contributed by atoms with Gasteiger partial charge < -0.3 is 10.0 Å². The van der Waals surface area contributed by atoms with Gasteiger partial charge >= 0.3 is 5.97 Å². The van der Waals surface area contributed by atoms with Gasteiger partial charge in [0.05, 0.1) is 5.69 Å². The van der Waals surface area contributed by atoms with Crippen LogP contribution >= 0.6 is 0 Å². The molecule has 0 unspecified atom stereocenters. The monoisotopic (exact) mass is 351 g/mol. The molecule has 1 aromatic carbocycles. The Morgan fingerprint density at radius 1 is 1.19 bits per heavy atom. The molecule has 0 aliphatic carbocycles. The van der Waals surface area contributed by atoms with Crippen LogP contribution in [0.4, 0.5) is 17.2 Å². The Morgan fingerprint density at radius 2 is 1.96 bits per heavy atom. The van der Waals surface area contributed by atoms with Gasteiger partial charge in [0.25, 0.3) is 0 Å². The third-order valence-corrected chi connectivity index (χ3v) is 4.27. The highest BCUT2D eigenvalue weighted by Crippen LogP contribution is 2.28. The van der Waals surface area contributed by atoms with Crippen molar-refractivity contribution in [3.05, 3.63) is 53.9 Å². The third-order valence-electron chi connectivity index (χ3n) is 4.27. The van der Waals surface area contributed by atoms with E-state index < -0.39 is 5.97 Å². The normalized spacial score (nSPS) is 11.3. The minimum atomic E-state index is -1.13. The van der Waals surface area contributed by atoms with E-state index in [2.05, 4.69) is 40.0 Å². The van der Waals surface area contributed by atoms with Gasteiger partial charge in [0.1, 0.15) is 5.65 Å². The Labute approximate surface area is 151 Å². The third kappa shape index (κ3) is 3.28. The minimum Gasteiger partial charge on any atom is -0.476 e. The van der Waals surface area contributed by atoms with Crippen LogP contribution in [-0.2, 0) is 0 Å². The predicted molar refractivity (Wildman–Crippen MR) is 101 cm³/mol. The standard InChI is InChI=1S/C19H21N5O2/c1-4-23(5-2)14-9-10-15(13(3)12-14)21-22-18-17(19(25)26)20-16-8-6-7-11-24(16)18/h6-12H,4-5H2,1-3H3,(H,25,26). The van der Waals surface area contributed by atoms with Gasteiger partial charge in [0.15, 0.2) is 11.5 Å². The number of carboxylic acids is 1. The highest BCUT2D eigenvalue weighted by molar-refractivity contribution is 5.91. The number of carbonyl (C=O) groups is 1. The van der Waals surface area contributed by atoms with Crippen LogP contribution in [0.1, 0.15) is 29.9 Å². The van der Waals surface area contributed by atoms with E-state index in [1.165, 1.54) is 0 Å². The fourth-order valence-electron chi connectivity index (χ4n) is 2.86. The maximum atomic E-state index is 11.5. The Kier molecular flexibility index (Phi) is 4.97. The van der Waals surface area contributed by atoms with Crippen LogP contribution in [-0.4, -0.2) is 33.6 Å². The number of imidazole rings is 1. The van der Waals surface area contributed by atoms with Gasteiger partial charge in [0, 0.05) is 25.0 Å². The van der Waals surface area contributed by atoms with Crippen LogP contribution in [0, 0.1) is 6.92 Å². The predicted octanol–water partition coefficient (Wildman–Crippen LogP) is 4.60. The summed E-state index contributed by atoms with van der Waals surface area (Å²) < 4.78 is 1.62. The van der Waals surface area contributed by atoms with Gasteiger partial charge in [-0.2, -0.15) is 0 Å². The Hall–Kier alpha value is -3.22. The number of aromatic nitrogens is 2. The molecule has 2 aromatic heterocycles. The molecule has 0 bridgehead atoms. The SMILES string of the molecule is CCN(CC)c1ccc(N=Nc2c(C(=O)O)nc3ccccn23)c(C)c1. The molecule has 0 spiro atoms. The van der Waals surface area contributed by atoms with Crippen molar-refractivity contribution in [2.45, 2.75) is 20.8 Å². The lowest BCUT2D eigenvalue weighted by Crippen LogP contribution is -2.21. The summed E-state index contributed by atoms with van der Waals surface area (Å²) in [5.74, 6) is -0.920. The first-order valence-corrected chi connectivity index (χ1v) is 8.52. The zero-order valence-corrected chi connectivity index (χ0v) is 15.0. The van der Waals surface area contributed by atoms with E-state index >= 15 is 0 Å². The molecule has 0 aliphatic heterocycles. The maximum absolute atomic E-state index is 11.5. The fourth-order valence-corrected chi connectivity index (χ4v) is 2.86. The van der Waals surface area contributed by atoms with Crippen molar-refractivity contribution in [1.82, 2.24) is 9.38 Å². The van der Waals surface area contributed by atoms with Crippen molar-refractivity contribution >= 4 is 28.8 Å². The molecule has 0 amide bonds. The number of nitrogens with zero attached hydrogens (tertiary/aromatic N) is 5. The number of anilines is 1. The number of aryl methyl sites for hydroxylation is 1. The minimum absolute atomic E-state index is 0.114. The lowest BCUT2D eigenvalue weighted by molar-refractivity contribution is 0.0692. The molecule has 7 heteroatoms. The number of azo groups is 1. The molecule has 3 aromatic rings. The summed E-state index contributed by atoms with van der Waals surface area (Å²) in [7, 11) is 0. The zero-order valence-electron chi connectivity index (χ0n) is 15.0. The first-order valence-electron chi connectivity index (χ1n) is 8.52. The summed E-state index contributed by atoms with van der Waals surface area (Å²) in [4.78, 5) is 17.8. The highest BCUT2D eigenvalue weighted by atomic mass is 16.4. The number of pyridine rings is 1. The summed E-state index contributed by atoms with van der Waals surface area (Å²) >= 11 is 0. The molecule has 0 aliphatic rings. The maximum Gasteiger partial charge on any atom is 0.358 e. The molecule has 7 nitrogen and oxygen atoms in total. The van der Waals surface area contributed by atoms with Crippen molar-refractivity contribution in [3.8, 4) is 0 Å². The molecule has 0 atom stereocenters. The van der Waals surface area contributed by atoms with E-state index in [1.54, 1.807) is 28.8 Å². The van der Waals surface area contributed by atoms with Crippen LogP contribution in [0.5, 0.6) is 0 Å². The number of benzene rings is 1. The number of hydrogen-bond acceptors (Lipinski definition) is 5. The summed E-state index contributed by atoms with van der Waals surface area (Å²) in [5.41, 5.74) is 3.21. The van der Waals surface area contributed by atoms with Gasteiger partial charge in [-0.1, -0.05) is 6.07 Å². The van der Waals surface area contributed by atoms with Gasteiger partial charge in [0.2, 0.25) is 0 Å². The van der Waals surface area contributed by atoms with Crippen molar-refractivity contribution in [3.63, 3.8) is 0 Å². The van der Waals surface area contributed by atoms with Gasteiger partial charge in [-0.05, 0) is 56.7 Å². The number of aromatic carboxylic acids is 1. The largest absolute Gasteiger partial charge is 0.476 e.